The van der Waals surface area contributed by atoms with E-state index < -0.39 is 36.4 Å². The van der Waals surface area contributed by atoms with Crippen LogP contribution in [0.4, 0.5) is 0 Å². The fraction of sp³-hybridized carbons (Fsp3) is 0.885. The van der Waals surface area contributed by atoms with Crippen molar-refractivity contribution in [1.82, 2.24) is 0 Å². The largest absolute Gasteiger partial charge is 0.479 e. The molecule has 0 saturated heterocycles. The summed E-state index contributed by atoms with van der Waals surface area (Å²) in [7, 11) is 0. The molecule has 0 aromatic heterocycles. The minimum Gasteiger partial charge on any atom is -0.479 e. The summed E-state index contributed by atoms with van der Waals surface area (Å²) in [5, 5.41) is 19.6. The van der Waals surface area contributed by atoms with Gasteiger partial charge in [0.15, 0.2) is 5.60 Å². The molecule has 0 saturated carbocycles. The second kappa shape index (κ2) is 18.8. The number of esters is 2. The Morgan fingerprint density at radius 3 is 1.30 bits per heavy atom. The van der Waals surface area contributed by atoms with Crippen molar-refractivity contribution in [2.75, 3.05) is 13.2 Å². The molecule has 2 N–H and O–H groups in total. The molecule has 0 atom stereocenters. The molecular weight excluding hydrogens is 424 g/mol. The van der Waals surface area contributed by atoms with Crippen LogP contribution in [0.3, 0.4) is 0 Å². The second-order valence-corrected chi connectivity index (χ2v) is 10.0. The van der Waals surface area contributed by atoms with Gasteiger partial charge in [-0.3, -0.25) is 9.59 Å². The Bertz CT molecular complexity index is 505. The normalized spacial score (nSPS) is 11.7. The number of aliphatic hydroxyl groups is 1. The Morgan fingerprint density at radius 2 is 0.970 bits per heavy atom. The number of unbranched alkanes of at least 4 members (excludes halogenated alkanes) is 8. The van der Waals surface area contributed by atoms with Gasteiger partial charge in [0.2, 0.25) is 0 Å². The van der Waals surface area contributed by atoms with Gasteiger partial charge in [0.25, 0.3) is 0 Å². The smallest absolute Gasteiger partial charge is 0.336 e. The van der Waals surface area contributed by atoms with Gasteiger partial charge in [-0.2, -0.15) is 0 Å². The Hall–Kier alpha value is -1.63. The molecule has 0 aromatic rings. The van der Waals surface area contributed by atoms with Crippen molar-refractivity contribution in [3.05, 3.63) is 0 Å². The van der Waals surface area contributed by atoms with Gasteiger partial charge in [0.1, 0.15) is 0 Å². The SMILES string of the molecule is CC(C)CCCCCCCOC(=O)CC(O)(CC(=O)OCCCCCCCC(C)C)C(=O)O. The number of carbonyl (C=O) groups is 3. The zero-order valence-corrected chi connectivity index (χ0v) is 21.4. The maximum atomic E-state index is 12.0. The van der Waals surface area contributed by atoms with Gasteiger partial charge in [-0.25, -0.2) is 4.79 Å². The molecule has 0 aromatic carbocycles. The number of ether oxygens (including phenoxy) is 2. The first-order valence-electron chi connectivity index (χ1n) is 12.8. The highest BCUT2D eigenvalue weighted by Gasteiger charge is 2.42. The molecule has 7 nitrogen and oxygen atoms in total. The van der Waals surface area contributed by atoms with Crippen LogP contribution in [-0.2, 0) is 23.9 Å². The highest BCUT2D eigenvalue weighted by atomic mass is 16.5. The standard InChI is InChI=1S/C26H48O7/c1-21(2)15-11-7-5-9-13-17-32-23(27)19-26(31,25(29)30)20-24(28)33-18-14-10-6-8-12-16-22(3)4/h21-22,31H,5-20H2,1-4H3,(H,29,30). The van der Waals surface area contributed by atoms with Crippen molar-refractivity contribution in [3.8, 4) is 0 Å². The molecule has 0 amide bonds. The summed E-state index contributed by atoms with van der Waals surface area (Å²) in [5.74, 6) is -1.87. The van der Waals surface area contributed by atoms with Crippen LogP contribution in [0.1, 0.15) is 118 Å². The molecule has 0 bridgehead atoms. The van der Waals surface area contributed by atoms with Crippen molar-refractivity contribution in [2.24, 2.45) is 11.8 Å². The van der Waals surface area contributed by atoms with Gasteiger partial charge < -0.3 is 19.7 Å². The Balaban J connectivity index is 4.05. The topological polar surface area (TPSA) is 110 Å². The van der Waals surface area contributed by atoms with Crippen LogP contribution >= 0.6 is 0 Å². The van der Waals surface area contributed by atoms with Gasteiger partial charge >= 0.3 is 17.9 Å². The summed E-state index contributed by atoms with van der Waals surface area (Å²) in [4.78, 5) is 35.4. The van der Waals surface area contributed by atoms with Crippen molar-refractivity contribution >= 4 is 17.9 Å². The molecule has 0 rings (SSSR count). The van der Waals surface area contributed by atoms with E-state index in [1.54, 1.807) is 0 Å². The summed E-state index contributed by atoms with van der Waals surface area (Å²) >= 11 is 0. The molecule has 7 heteroatoms. The van der Waals surface area contributed by atoms with Crippen LogP contribution in [0, 0.1) is 11.8 Å². The third kappa shape index (κ3) is 18.5. The number of hydrogen-bond acceptors (Lipinski definition) is 6. The average Bonchev–Trinajstić information content (AvgIpc) is 2.71. The van der Waals surface area contributed by atoms with Crippen molar-refractivity contribution < 1.29 is 34.1 Å². The minimum atomic E-state index is -2.51. The first-order chi connectivity index (χ1) is 15.6. The molecule has 194 valence electrons. The number of carboxylic acids is 1. The van der Waals surface area contributed by atoms with E-state index in [1.165, 1.54) is 25.7 Å². The van der Waals surface area contributed by atoms with E-state index >= 15 is 0 Å². The molecule has 0 aliphatic carbocycles. The molecule has 0 fully saturated rings. The lowest BCUT2D eigenvalue weighted by atomic mass is 9.96. The number of carbonyl (C=O) groups excluding carboxylic acids is 2. The highest BCUT2D eigenvalue weighted by Crippen LogP contribution is 2.19. The second-order valence-electron chi connectivity index (χ2n) is 10.0. The van der Waals surface area contributed by atoms with Gasteiger partial charge in [0.05, 0.1) is 26.1 Å². The molecule has 0 heterocycles. The Morgan fingerprint density at radius 1 is 0.636 bits per heavy atom. The van der Waals surface area contributed by atoms with Crippen LogP contribution in [0.5, 0.6) is 0 Å². The van der Waals surface area contributed by atoms with Gasteiger partial charge in [-0.15, -0.1) is 0 Å². The van der Waals surface area contributed by atoms with E-state index in [4.69, 9.17) is 9.47 Å². The minimum absolute atomic E-state index is 0.181. The number of rotatable bonds is 21. The summed E-state index contributed by atoms with van der Waals surface area (Å²) in [6.07, 6.45) is 10.9. The predicted octanol–water partition coefficient (Wildman–Crippen LogP) is 5.66. The lowest BCUT2D eigenvalue weighted by Gasteiger charge is -2.21. The van der Waals surface area contributed by atoms with Crippen molar-refractivity contribution in [2.45, 2.75) is 123 Å². The van der Waals surface area contributed by atoms with E-state index in [1.807, 2.05) is 0 Å². The maximum absolute atomic E-state index is 12.0. The van der Waals surface area contributed by atoms with Crippen LogP contribution in [-0.4, -0.2) is 46.9 Å². The lowest BCUT2D eigenvalue weighted by Crippen LogP contribution is -2.43. The first-order valence-corrected chi connectivity index (χ1v) is 12.8. The van der Waals surface area contributed by atoms with Crippen LogP contribution in [0.15, 0.2) is 0 Å². The quantitative estimate of drug-likeness (QED) is 0.164. The van der Waals surface area contributed by atoms with Gasteiger partial charge in [0, 0.05) is 0 Å². The van der Waals surface area contributed by atoms with E-state index in [0.717, 1.165) is 38.5 Å². The fourth-order valence-electron chi connectivity index (χ4n) is 3.54. The van der Waals surface area contributed by atoms with E-state index in [9.17, 15) is 24.6 Å². The number of carboxylic acid groups (broad SMARTS) is 1. The summed E-state index contributed by atoms with van der Waals surface area (Å²) in [6.45, 7) is 9.17. The van der Waals surface area contributed by atoms with Crippen LogP contribution in [0.25, 0.3) is 0 Å². The maximum Gasteiger partial charge on any atom is 0.336 e. The van der Waals surface area contributed by atoms with Crippen LogP contribution in [0.2, 0.25) is 0 Å². The third-order valence-electron chi connectivity index (χ3n) is 5.65. The summed E-state index contributed by atoms with van der Waals surface area (Å²) in [5.41, 5.74) is -2.51. The molecule has 0 unspecified atom stereocenters. The monoisotopic (exact) mass is 472 g/mol. The molecule has 0 aliphatic rings. The Kier molecular flexibility index (Phi) is 17.8. The Labute approximate surface area is 200 Å². The van der Waals surface area contributed by atoms with E-state index in [2.05, 4.69) is 27.7 Å². The van der Waals surface area contributed by atoms with E-state index in [0.29, 0.717) is 24.7 Å². The molecule has 33 heavy (non-hydrogen) atoms. The lowest BCUT2D eigenvalue weighted by molar-refractivity contribution is -0.173. The van der Waals surface area contributed by atoms with Gasteiger partial charge in [-0.1, -0.05) is 91.9 Å². The molecular formula is C26H48O7. The predicted molar refractivity (Wildman–Crippen MR) is 129 cm³/mol. The fourth-order valence-corrected chi connectivity index (χ4v) is 3.54. The van der Waals surface area contributed by atoms with E-state index in [-0.39, 0.29) is 13.2 Å². The molecule has 0 radical (unpaired) electrons. The average molecular weight is 473 g/mol. The number of aliphatic carboxylic acids is 1. The summed E-state index contributed by atoms with van der Waals surface area (Å²) in [6, 6.07) is 0. The first kappa shape index (κ1) is 31.4. The molecule has 0 aliphatic heterocycles. The van der Waals surface area contributed by atoms with Crippen molar-refractivity contribution in [1.29, 1.82) is 0 Å². The number of hydrogen-bond donors (Lipinski definition) is 2. The van der Waals surface area contributed by atoms with Crippen molar-refractivity contribution in [3.63, 3.8) is 0 Å². The highest BCUT2D eigenvalue weighted by molar-refractivity contribution is 5.88. The summed E-state index contributed by atoms with van der Waals surface area (Å²) < 4.78 is 10.1. The molecule has 0 spiro atoms. The zero-order valence-electron chi connectivity index (χ0n) is 21.4. The third-order valence-corrected chi connectivity index (χ3v) is 5.65. The zero-order chi connectivity index (χ0) is 25.1. The van der Waals surface area contributed by atoms with Gasteiger partial charge in [-0.05, 0) is 24.7 Å². The van der Waals surface area contributed by atoms with Crippen LogP contribution < -0.4 is 0 Å².